The number of rotatable bonds is 1. The van der Waals surface area contributed by atoms with Gasteiger partial charge in [0.25, 0.3) is 0 Å². The van der Waals surface area contributed by atoms with Gasteiger partial charge in [0.1, 0.15) is 0 Å². The van der Waals surface area contributed by atoms with E-state index in [1.807, 2.05) is 6.20 Å². The quantitative estimate of drug-likeness (QED) is 0.836. The van der Waals surface area contributed by atoms with Crippen LogP contribution >= 0.6 is 0 Å². The van der Waals surface area contributed by atoms with Crippen molar-refractivity contribution in [3.8, 4) is 0 Å². The van der Waals surface area contributed by atoms with Crippen molar-refractivity contribution >= 4 is 10.9 Å². The van der Waals surface area contributed by atoms with Gasteiger partial charge in [0.2, 0.25) is 0 Å². The Morgan fingerprint density at radius 3 is 2.53 bits per heavy atom. The van der Waals surface area contributed by atoms with Crippen LogP contribution < -0.4 is 5.32 Å². The summed E-state index contributed by atoms with van der Waals surface area (Å²) in [6, 6.07) is 6.13. The molecule has 1 saturated heterocycles. The van der Waals surface area contributed by atoms with E-state index in [1.54, 1.807) is 12.1 Å². The van der Waals surface area contributed by atoms with Crippen LogP contribution in [-0.4, -0.2) is 17.7 Å². The summed E-state index contributed by atoms with van der Waals surface area (Å²) in [5, 5.41) is 3.95. The molecule has 3 rings (SSSR count). The highest BCUT2D eigenvalue weighted by Crippen LogP contribution is 2.33. The molecule has 0 spiro atoms. The minimum absolute atomic E-state index is 0.385. The van der Waals surface area contributed by atoms with Crippen LogP contribution in [0, 0.1) is 0 Å². The Morgan fingerprint density at radius 1 is 1.11 bits per heavy atom. The second kappa shape index (κ2) is 4.56. The number of hydrogen-bond donors (Lipinski definition) is 1. The molecular formula is C14H15F3N2. The second-order valence-electron chi connectivity index (χ2n) is 4.98. The fourth-order valence-electron chi connectivity index (χ4n) is 2.74. The molecule has 2 nitrogen and oxygen atoms in total. The van der Waals surface area contributed by atoms with Crippen LogP contribution in [-0.2, 0) is 6.18 Å². The van der Waals surface area contributed by atoms with Gasteiger partial charge in [-0.05, 0) is 50.2 Å². The molecule has 0 aliphatic carbocycles. The first-order valence-electron chi connectivity index (χ1n) is 6.44. The monoisotopic (exact) mass is 268 g/mol. The smallest absolute Gasteiger partial charge is 0.344 e. The summed E-state index contributed by atoms with van der Waals surface area (Å²) in [6.45, 7) is 1.93. The zero-order valence-electron chi connectivity index (χ0n) is 10.4. The molecule has 102 valence electrons. The van der Waals surface area contributed by atoms with E-state index in [0.29, 0.717) is 11.4 Å². The summed E-state index contributed by atoms with van der Waals surface area (Å²) in [5.74, 6) is 0. The number of nitrogens with zero attached hydrogens (tertiary/aromatic N) is 1. The fourth-order valence-corrected chi connectivity index (χ4v) is 2.74. The van der Waals surface area contributed by atoms with Crippen molar-refractivity contribution in [3.05, 3.63) is 36.0 Å². The lowest BCUT2D eigenvalue weighted by molar-refractivity contribution is -0.137. The van der Waals surface area contributed by atoms with E-state index in [0.717, 1.165) is 31.4 Å². The van der Waals surface area contributed by atoms with Crippen molar-refractivity contribution in [1.29, 1.82) is 0 Å². The van der Waals surface area contributed by atoms with Crippen LogP contribution in [0.25, 0.3) is 10.9 Å². The Labute approximate surface area is 109 Å². The molecule has 0 bridgehead atoms. The predicted octanol–water partition coefficient (Wildman–Crippen LogP) is 3.58. The average molecular weight is 268 g/mol. The third-order valence-electron chi connectivity index (χ3n) is 3.75. The number of fused-ring (bicyclic) bond motifs is 1. The van der Waals surface area contributed by atoms with E-state index < -0.39 is 11.7 Å². The highest BCUT2D eigenvalue weighted by molar-refractivity contribution is 5.81. The molecule has 0 radical (unpaired) electrons. The van der Waals surface area contributed by atoms with E-state index in [2.05, 4.69) is 9.88 Å². The first kappa shape index (κ1) is 12.5. The van der Waals surface area contributed by atoms with Crippen molar-refractivity contribution in [3.63, 3.8) is 0 Å². The summed E-state index contributed by atoms with van der Waals surface area (Å²) >= 11 is 0. The van der Waals surface area contributed by atoms with Crippen molar-refractivity contribution in [1.82, 2.24) is 9.88 Å². The molecule has 1 fully saturated rings. The van der Waals surface area contributed by atoms with Gasteiger partial charge >= 0.3 is 6.18 Å². The lowest BCUT2D eigenvalue weighted by Gasteiger charge is -2.25. The van der Waals surface area contributed by atoms with Crippen LogP contribution in [0.5, 0.6) is 0 Å². The zero-order valence-corrected chi connectivity index (χ0v) is 10.4. The third kappa shape index (κ3) is 2.34. The van der Waals surface area contributed by atoms with Gasteiger partial charge in [0, 0.05) is 23.1 Å². The summed E-state index contributed by atoms with van der Waals surface area (Å²) in [7, 11) is 0. The highest BCUT2D eigenvalue weighted by atomic mass is 19.4. The van der Waals surface area contributed by atoms with E-state index in [1.165, 1.54) is 12.1 Å². The number of alkyl halides is 3. The molecule has 5 heteroatoms. The molecule has 2 aromatic rings. The molecule has 1 aromatic carbocycles. The molecule has 1 N–H and O–H groups in total. The number of nitrogens with one attached hydrogen (secondary N) is 1. The number of aromatic nitrogens is 1. The maximum absolute atomic E-state index is 12.7. The fraction of sp³-hybridized carbons (Fsp3) is 0.429. The molecule has 0 atom stereocenters. The summed E-state index contributed by atoms with van der Waals surface area (Å²) in [5.41, 5.74) is 0.308. The second-order valence-corrected chi connectivity index (χ2v) is 4.98. The van der Waals surface area contributed by atoms with Gasteiger partial charge in [-0.25, -0.2) is 0 Å². The lowest BCUT2D eigenvalue weighted by Crippen LogP contribution is -2.29. The highest BCUT2D eigenvalue weighted by Gasteiger charge is 2.30. The maximum Gasteiger partial charge on any atom is 0.416 e. The van der Waals surface area contributed by atoms with Crippen LogP contribution in [0.2, 0.25) is 0 Å². The van der Waals surface area contributed by atoms with Gasteiger partial charge in [0.15, 0.2) is 0 Å². The van der Waals surface area contributed by atoms with Crippen molar-refractivity contribution in [2.45, 2.75) is 25.1 Å². The van der Waals surface area contributed by atoms with Crippen molar-refractivity contribution in [2.24, 2.45) is 0 Å². The predicted molar refractivity (Wildman–Crippen MR) is 68.1 cm³/mol. The maximum atomic E-state index is 12.7. The largest absolute Gasteiger partial charge is 0.416 e. The van der Waals surface area contributed by atoms with E-state index in [-0.39, 0.29) is 0 Å². The Morgan fingerprint density at radius 2 is 1.84 bits per heavy atom. The van der Waals surface area contributed by atoms with Gasteiger partial charge in [0.05, 0.1) is 5.56 Å². The minimum Gasteiger partial charge on any atom is -0.344 e. The van der Waals surface area contributed by atoms with E-state index in [4.69, 9.17) is 0 Å². The average Bonchev–Trinajstić information content (AvgIpc) is 2.81. The Bertz CT molecular complexity index is 580. The summed E-state index contributed by atoms with van der Waals surface area (Å²) in [6.07, 6.45) is -0.332. The number of hydrogen-bond acceptors (Lipinski definition) is 1. The molecule has 1 aliphatic rings. The Kier molecular flexibility index (Phi) is 3.01. The SMILES string of the molecule is FC(F)(F)c1ccc2c(ccn2C2CCNCC2)c1. The topological polar surface area (TPSA) is 17.0 Å². The van der Waals surface area contributed by atoms with Crippen LogP contribution in [0.4, 0.5) is 13.2 Å². The van der Waals surface area contributed by atoms with Crippen LogP contribution in [0.1, 0.15) is 24.4 Å². The van der Waals surface area contributed by atoms with E-state index >= 15 is 0 Å². The van der Waals surface area contributed by atoms with Crippen LogP contribution in [0.3, 0.4) is 0 Å². The molecular weight excluding hydrogens is 253 g/mol. The molecule has 0 amide bonds. The normalized spacial score (nSPS) is 18.1. The standard InChI is InChI=1S/C14H15F3N2/c15-14(16,17)11-1-2-13-10(9-11)5-8-19(13)12-3-6-18-7-4-12/h1-2,5,8-9,12,18H,3-4,6-7H2. The first-order chi connectivity index (χ1) is 9.05. The van der Waals surface area contributed by atoms with Crippen LogP contribution in [0.15, 0.2) is 30.5 Å². The molecule has 1 aliphatic heterocycles. The molecule has 19 heavy (non-hydrogen) atoms. The molecule has 0 unspecified atom stereocenters. The number of benzene rings is 1. The summed E-state index contributed by atoms with van der Waals surface area (Å²) in [4.78, 5) is 0. The Balaban J connectivity index is 2.00. The zero-order chi connectivity index (χ0) is 13.5. The Hall–Kier alpha value is -1.49. The van der Waals surface area contributed by atoms with Gasteiger partial charge < -0.3 is 9.88 Å². The number of halogens is 3. The molecule has 0 saturated carbocycles. The minimum atomic E-state index is -4.27. The van der Waals surface area contributed by atoms with Crippen molar-refractivity contribution < 1.29 is 13.2 Å². The first-order valence-corrected chi connectivity index (χ1v) is 6.44. The van der Waals surface area contributed by atoms with Gasteiger partial charge in [-0.15, -0.1) is 0 Å². The summed E-state index contributed by atoms with van der Waals surface area (Å²) < 4.78 is 40.1. The van der Waals surface area contributed by atoms with E-state index in [9.17, 15) is 13.2 Å². The molecule has 1 aromatic heterocycles. The van der Waals surface area contributed by atoms with Gasteiger partial charge in [-0.1, -0.05) is 0 Å². The van der Waals surface area contributed by atoms with Crippen molar-refractivity contribution in [2.75, 3.05) is 13.1 Å². The van der Waals surface area contributed by atoms with Gasteiger partial charge in [-0.3, -0.25) is 0 Å². The number of piperidine rings is 1. The van der Waals surface area contributed by atoms with Gasteiger partial charge in [-0.2, -0.15) is 13.2 Å². The molecule has 2 heterocycles. The third-order valence-corrected chi connectivity index (χ3v) is 3.75. The lowest BCUT2D eigenvalue weighted by atomic mass is 10.1.